The molecule has 10 nitrogen and oxygen atoms in total. The van der Waals surface area contributed by atoms with Crippen LogP contribution in [-0.4, -0.2) is 77.1 Å². The van der Waals surface area contributed by atoms with E-state index in [1.807, 2.05) is 0 Å². The van der Waals surface area contributed by atoms with Gasteiger partial charge in [-0.3, -0.25) is 9.40 Å². The van der Waals surface area contributed by atoms with Gasteiger partial charge in [0.05, 0.1) is 19.8 Å². The van der Waals surface area contributed by atoms with Gasteiger partial charge in [-0.1, -0.05) is 0 Å². The van der Waals surface area contributed by atoms with Crippen molar-refractivity contribution < 1.29 is 24.5 Å². The molecule has 0 spiro atoms. The molecule has 1 aliphatic rings. The van der Waals surface area contributed by atoms with Gasteiger partial charge in [-0.25, -0.2) is 4.79 Å². The number of nitrogens with zero attached hydrogens (tertiary/aromatic N) is 3. The van der Waals surface area contributed by atoms with E-state index >= 15 is 0 Å². The minimum Gasteiger partial charge on any atom is -0.394 e. The van der Waals surface area contributed by atoms with Crippen LogP contribution < -0.4 is 11.4 Å². The fourth-order valence-electron chi connectivity index (χ4n) is 2.30. The number of nitrogen functional groups attached to an aromatic ring is 1. The number of aliphatic hydroxyl groups is 2. The Bertz CT molecular complexity index is 566. The Labute approximate surface area is 133 Å². The molecule has 1 fully saturated rings. The SMILES string of the molecule is CN(C)OCCOC1C(O)[C@@H](CO)O[C@H]1n1ccc(N)nc1=O. The maximum Gasteiger partial charge on any atom is 0.351 e. The van der Waals surface area contributed by atoms with Gasteiger partial charge >= 0.3 is 5.69 Å². The van der Waals surface area contributed by atoms with Crippen molar-refractivity contribution in [3.8, 4) is 0 Å². The predicted octanol–water partition coefficient (Wildman–Crippen LogP) is -2.05. The number of aliphatic hydroxyl groups excluding tert-OH is 2. The topological polar surface area (TPSA) is 132 Å². The summed E-state index contributed by atoms with van der Waals surface area (Å²) < 4.78 is 12.3. The molecular formula is C13H22N4O6. The van der Waals surface area contributed by atoms with Gasteiger partial charge < -0.3 is 25.4 Å². The average Bonchev–Trinajstić information content (AvgIpc) is 2.80. The highest BCUT2D eigenvalue weighted by molar-refractivity contribution is 5.23. The van der Waals surface area contributed by atoms with Gasteiger partial charge in [0.15, 0.2) is 6.23 Å². The molecule has 4 N–H and O–H groups in total. The summed E-state index contributed by atoms with van der Waals surface area (Å²) in [5, 5.41) is 21.0. The summed E-state index contributed by atoms with van der Waals surface area (Å²) in [5.41, 5.74) is 4.84. The molecule has 0 aliphatic carbocycles. The van der Waals surface area contributed by atoms with Crippen LogP contribution in [-0.2, 0) is 14.3 Å². The number of hydrogen-bond acceptors (Lipinski definition) is 9. The van der Waals surface area contributed by atoms with Crippen LogP contribution in [0, 0.1) is 0 Å². The molecule has 0 aromatic carbocycles. The van der Waals surface area contributed by atoms with Crippen molar-refractivity contribution in [3.05, 3.63) is 22.7 Å². The number of nitrogens with two attached hydrogens (primary N) is 1. The van der Waals surface area contributed by atoms with Gasteiger partial charge in [-0.15, -0.1) is 0 Å². The van der Waals surface area contributed by atoms with E-state index in [2.05, 4.69) is 4.98 Å². The zero-order valence-electron chi connectivity index (χ0n) is 13.0. The van der Waals surface area contributed by atoms with Crippen LogP contribution in [0.2, 0.25) is 0 Å². The molecule has 0 radical (unpaired) electrons. The number of hydroxylamine groups is 2. The molecule has 1 aromatic heterocycles. The molecule has 1 aromatic rings. The van der Waals surface area contributed by atoms with E-state index in [9.17, 15) is 15.0 Å². The summed E-state index contributed by atoms with van der Waals surface area (Å²) in [6.07, 6.45) is -2.30. The molecule has 0 bridgehead atoms. The first-order valence-corrected chi connectivity index (χ1v) is 7.15. The molecule has 23 heavy (non-hydrogen) atoms. The molecule has 0 amide bonds. The van der Waals surface area contributed by atoms with E-state index in [0.717, 1.165) is 0 Å². The third kappa shape index (κ3) is 4.25. The normalized spacial score (nSPS) is 27.7. The monoisotopic (exact) mass is 330 g/mol. The number of rotatable bonds is 7. The summed E-state index contributed by atoms with van der Waals surface area (Å²) in [4.78, 5) is 20.8. The highest BCUT2D eigenvalue weighted by atomic mass is 16.7. The van der Waals surface area contributed by atoms with Crippen molar-refractivity contribution in [2.24, 2.45) is 0 Å². The van der Waals surface area contributed by atoms with Crippen LogP contribution in [0.15, 0.2) is 17.1 Å². The fraction of sp³-hybridized carbons (Fsp3) is 0.692. The Hall–Kier alpha value is -1.56. The maximum atomic E-state index is 12.0. The smallest absolute Gasteiger partial charge is 0.351 e. The van der Waals surface area contributed by atoms with E-state index in [0.29, 0.717) is 0 Å². The van der Waals surface area contributed by atoms with Crippen LogP contribution >= 0.6 is 0 Å². The van der Waals surface area contributed by atoms with Crippen molar-refractivity contribution in [2.75, 3.05) is 39.6 Å². The van der Waals surface area contributed by atoms with Crippen molar-refractivity contribution in [2.45, 2.75) is 24.5 Å². The molecule has 2 rings (SSSR count). The lowest BCUT2D eigenvalue weighted by molar-refractivity contribution is -0.151. The number of aromatic nitrogens is 2. The maximum absolute atomic E-state index is 12.0. The summed E-state index contributed by atoms with van der Waals surface area (Å²) in [5.74, 6) is 0.0837. The third-order valence-electron chi connectivity index (χ3n) is 3.36. The van der Waals surface area contributed by atoms with Gasteiger partial charge in [0.2, 0.25) is 0 Å². The van der Waals surface area contributed by atoms with Gasteiger partial charge in [0.25, 0.3) is 0 Å². The molecule has 130 valence electrons. The zero-order chi connectivity index (χ0) is 17.0. The summed E-state index contributed by atoms with van der Waals surface area (Å²) >= 11 is 0. The van der Waals surface area contributed by atoms with Crippen LogP contribution in [0.4, 0.5) is 5.82 Å². The zero-order valence-corrected chi connectivity index (χ0v) is 13.0. The Kier molecular flexibility index (Phi) is 6.04. The Balaban J connectivity index is 2.12. The molecule has 2 unspecified atom stereocenters. The minimum atomic E-state index is -1.09. The molecule has 1 saturated heterocycles. The van der Waals surface area contributed by atoms with E-state index in [4.69, 9.17) is 20.0 Å². The lowest BCUT2D eigenvalue weighted by Gasteiger charge is -2.22. The average molecular weight is 330 g/mol. The van der Waals surface area contributed by atoms with Crippen molar-refractivity contribution in [3.63, 3.8) is 0 Å². The standard InChI is InChI=1S/C13H22N4O6/c1-16(2)22-6-5-21-11-10(19)8(7-18)23-12(11)17-4-3-9(14)15-13(17)20/h3-4,8,10-12,18-19H,5-7H2,1-2H3,(H2,14,15,20)/t8-,10?,11?,12-/m1/s1. The summed E-state index contributed by atoms with van der Waals surface area (Å²) in [6, 6.07) is 1.44. The lowest BCUT2D eigenvalue weighted by Crippen LogP contribution is -2.39. The first-order chi connectivity index (χ1) is 10.9. The molecule has 10 heteroatoms. The summed E-state index contributed by atoms with van der Waals surface area (Å²) in [7, 11) is 3.47. The highest BCUT2D eigenvalue weighted by Gasteiger charge is 2.45. The van der Waals surface area contributed by atoms with Crippen LogP contribution in [0.3, 0.4) is 0 Å². The van der Waals surface area contributed by atoms with Crippen molar-refractivity contribution in [1.82, 2.24) is 14.6 Å². The van der Waals surface area contributed by atoms with Crippen LogP contribution in [0.1, 0.15) is 6.23 Å². The Morgan fingerprint density at radius 2 is 2.22 bits per heavy atom. The quantitative estimate of drug-likeness (QED) is 0.382. The summed E-state index contributed by atoms with van der Waals surface area (Å²) in [6.45, 7) is 0.0412. The minimum absolute atomic E-state index is 0.0837. The van der Waals surface area contributed by atoms with E-state index in [1.165, 1.54) is 21.9 Å². The second-order valence-corrected chi connectivity index (χ2v) is 5.26. The first-order valence-electron chi connectivity index (χ1n) is 7.15. The molecular weight excluding hydrogens is 308 g/mol. The number of hydrogen-bond donors (Lipinski definition) is 3. The number of anilines is 1. The van der Waals surface area contributed by atoms with Crippen molar-refractivity contribution >= 4 is 5.82 Å². The van der Waals surface area contributed by atoms with Gasteiger partial charge in [-0.05, 0) is 6.07 Å². The van der Waals surface area contributed by atoms with E-state index < -0.39 is 36.8 Å². The molecule has 1 aliphatic heterocycles. The van der Waals surface area contributed by atoms with Gasteiger partial charge in [-0.2, -0.15) is 10.0 Å². The molecule has 2 heterocycles. The Morgan fingerprint density at radius 3 is 2.83 bits per heavy atom. The van der Waals surface area contributed by atoms with Gasteiger partial charge in [0.1, 0.15) is 24.1 Å². The van der Waals surface area contributed by atoms with Crippen molar-refractivity contribution in [1.29, 1.82) is 0 Å². The second-order valence-electron chi connectivity index (χ2n) is 5.26. The first kappa shape index (κ1) is 17.8. The highest BCUT2D eigenvalue weighted by Crippen LogP contribution is 2.30. The molecule has 0 saturated carbocycles. The largest absolute Gasteiger partial charge is 0.394 e. The predicted molar refractivity (Wildman–Crippen MR) is 79.3 cm³/mol. The lowest BCUT2D eigenvalue weighted by atomic mass is 10.1. The van der Waals surface area contributed by atoms with E-state index in [1.54, 1.807) is 14.1 Å². The third-order valence-corrected chi connectivity index (χ3v) is 3.36. The Morgan fingerprint density at radius 1 is 1.48 bits per heavy atom. The molecule has 4 atom stereocenters. The fourth-order valence-corrected chi connectivity index (χ4v) is 2.30. The second kappa shape index (κ2) is 7.81. The van der Waals surface area contributed by atoms with Crippen LogP contribution in [0.5, 0.6) is 0 Å². The van der Waals surface area contributed by atoms with E-state index in [-0.39, 0.29) is 19.0 Å². The van der Waals surface area contributed by atoms with Crippen LogP contribution in [0.25, 0.3) is 0 Å². The van der Waals surface area contributed by atoms with Gasteiger partial charge in [0, 0.05) is 20.3 Å². The number of ether oxygens (including phenoxy) is 2.